The quantitative estimate of drug-likeness (QED) is 0.847. The Morgan fingerprint density at radius 2 is 1.79 bits per heavy atom. The maximum Gasteiger partial charge on any atom is 0.314 e. The zero-order valence-corrected chi connectivity index (χ0v) is 14.0. The number of aliphatic hydroxyl groups excluding tert-OH is 1. The molecule has 1 saturated carbocycles. The second-order valence-electron chi connectivity index (χ2n) is 5.81. The van der Waals surface area contributed by atoms with Gasteiger partial charge in [-0.1, -0.05) is 41.9 Å². The van der Waals surface area contributed by atoms with Crippen LogP contribution in [0.2, 0.25) is 5.02 Å². The van der Waals surface area contributed by atoms with E-state index in [1.165, 1.54) is 12.1 Å². The summed E-state index contributed by atoms with van der Waals surface area (Å²) >= 11 is 5.95. The highest BCUT2D eigenvalue weighted by Crippen LogP contribution is 2.64. The summed E-state index contributed by atoms with van der Waals surface area (Å²) < 4.78 is 25.9. The fourth-order valence-electron chi connectivity index (χ4n) is 3.30. The van der Waals surface area contributed by atoms with Crippen molar-refractivity contribution < 1.29 is 23.4 Å². The van der Waals surface area contributed by atoms with Crippen molar-refractivity contribution in [1.29, 1.82) is 0 Å². The molecule has 0 aliphatic heterocycles. The predicted octanol–water partition coefficient (Wildman–Crippen LogP) is 2.34. The van der Waals surface area contributed by atoms with Crippen LogP contribution in [0.4, 0.5) is 0 Å². The zero-order chi connectivity index (χ0) is 17.5. The molecule has 1 aliphatic carbocycles. The Kier molecular flexibility index (Phi) is 4.15. The standard InChI is InChI=1S/C17H15ClO5S/c18-12-6-4-5-11(9-12)14-15(17(14,10-19)16(20)21)24(22,23)13-7-2-1-3-8-13/h1-9,14-15,19H,10H2,(H,20,21)/t14-,15+,17-/m1/s1. The molecular formula is C17H15ClO5S. The molecule has 1 aliphatic rings. The molecule has 1 fully saturated rings. The smallest absolute Gasteiger partial charge is 0.314 e. The largest absolute Gasteiger partial charge is 0.481 e. The normalized spacial score (nSPS) is 26.1. The van der Waals surface area contributed by atoms with Crippen LogP contribution < -0.4 is 0 Å². The molecule has 0 saturated heterocycles. The van der Waals surface area contributed by atoms with Gasteiger partial charge in [-0.05, 0) is 29.8 Å². The molecule has 126 valence electrons. The number of aliphatic hydroxyl groups is 1. The molecule has 0 radical (unpaired) electrons. The number of halogens is 1. The van der Waals surface area contributed by atoms with Crippen LogP contribution in [0, 0.1) is 5.41 Å². The Morgan fingerprint density at radius 1 is 1.12 bits per heavy atom. The van der Waals surface area contributed by atoms with Crippen molar-refractivity contribution in [3.05, 3.63) is 65.2 Å². The average Bonchev–Trinajstić information content (AvgIpc) is 3.27. The van der Waals surface area contributed by atoms with Gasteiger partial charge < -0.3 is 10.2 Å². The van der Waals surface area contributed by atoms with Crippen LogP contribution in [0.5, 0.6) is 0 Å². The fraction of sp³-hybridized carbons (Fsp3) is 0.235. The summed E-state index contributed by atoms with van der Waals surface area (Å²) in [6.07, 6.45) is 0. The molecule has 2 aromatic rings. The van der Waals surface area contributed by atoms with Gasteiger partial charge in [0, 0.05) is 10.9 Å². The summed E-state index contributed by atoms with van der Waals surface area (Å²) in [5.41, 5.74) is -1.28. The number of hydrogen-bond donors (Lipinski definition) is 2. The van der Waals surface area contributed by atoms with Crippen molar-refractivity contribution in [2.24, 2.45) is 5.41 Å². The second-order valence-corrected chi connectivity index (χ2v) is 8.32. The highest BCUT2D eigenvalue weighted by atomic mass is 35.5. The number of carboxylic acids is 1. The van der Waals surface area contributed by atoms with E-state index in [0.717, 1.165) is 0 Å². The van der Waals surface area contributed by atoms with Gasteiger partial charge in [0.1, 0.15) is 5.41 Å². The van der Waals surface area contributed by atoms with Crippen molar-refractivity contribution in [3.8, 4) is 0 Å². The van der Waals surface area contributed by atoms with Gasteiger partial charge in [-0.3, -0.25) is 4.79 Å². The lowest BCUT2D eigenvalue weighted by atomic mass is 10.0. The molecular weight excluding hydrogens is 352 g/mol. The first-order chi connectivity index (χ1) is 11.4. The van der Waals surface area contributed by atoms with E-state index < -0.39 is 39.0 Å². The molecule has 2 aromatic carbocycles. The van der Waals surface area contributed by atoms with Gasteiger partial charge in [-0.2, -0.15) is 0 Å². The minimum atomic E-state index is -3.92. The van der Waals surface area contributed by atoms with Crippen LogP contribution in [-0.4, -0.2) is 36.5 Å². The first kappa shape index (κ1) is 17.0. The summed E-state index contributed by atoms with van der Waals surface area (Å²) in [7, 11) is -3.92. The molecule has 0 aromatic heterocycles. The molecule has 24 heavy (non-hydrogen) atoms. The number of sulfone groups is 1. The highest BCUT2D eigenvalue weighted by molar-refractivity contribution is 7.92. The van der Waals surface area contributed by atoms with Crippen molar-refractivity contribution >= 4 is 27.4 Å². The molecule has 0 heterocycles. The number of carbonyl (C=O) groups is 1. The van der Waals surface area contributed by atoms with E-state index in [2.05, 4.69) is 0 Å². The topological polar surface area (TPSA) is 91.7 Å². The van der Waals surface area contributed by atoms with Crippen LogP contribution in [0.25, 0.3) is 0 Å². The van der Waals surface area contributed by atoms with Gasteiger partial charge in [0.25, 0.3) is 0 Å². The summed E-state index contributed by atoms with van der Waals surface area (Å²) in [5.74, 6) is -2.19. The Hall–Kier alpha value is -1.89. The van der Waals surface area contributed by atoms with Gasteiger partial charge in [-0.15, -0.1) is 0 Å². The molecule has 0 spiro atoms. The summed E-state index contributed by atoms with van der Waals surface area (Å²) in [5, 5.41) is 18.5. The van der Waals surface area contributed by atoms with Crippen molar-refractivity contribution in [3.63, 3.8) is 0 Å². The summed E-state index contributed by atoms with van der Waals surface area (Å²) in [4.78, 5) is 11.9. The Labute approximate surface area is 144 Å². The summed E-state index contributed by atoms with van der Waals surface area (Å²) in [6, 6.07) is 14.1. The number of rotatable bonds is 5. The van der Waals surface area contributed by atoms with Gasteiger partial charge >= 0.3 is 5.97 Å². The van der Waals surface area contributed by atoms with Crippen LogP contribution in [0.1, 0.15) is 11.5 Å². The Bertz CT molecular complexity index is 881. The lowest BCUT2D eigenvalue weighted by Gasteiger charge is -2.09. The molecule has 7 heteroatoms. The minimum Gasteiger partial charge on any atom is -0.481 e. The van der Waals surface area contributed by atoms with Crippen molar-refractivity contribution in [1.82, 2.24) is 0 Å². The summed E-state index contributed by atoms with van der Waals surface area (Å²) in [6.45, 7) is -0.768. The molecule has 5 nitrogen and oxygen atoms in total. The number of aliphatic carboxylic acids is 1. The Morgan fingerprint density at radius 3 is 2.33 bits per heavy atom. The molecule has 3 atom stereocenters. The highest BCUT2D eigenvalue weighted by Gasteiger charge is 2.75. The zero-order valence-electron chi connectivity index (χ0n) is 12.5. The molecule has 0 amide bonds. The van der Waals surface area contributed by atoms with E-state index in [-0.39, 0.29) is 4.90 Å². The molecule has 0 unspecified atom stereocenters. The van der Waals surface area contributed by atoms with Crippen LogP contribution in [0.15, 0.2) is 59.5 Å². The number of hydrogen-bond acceptors (Lipinski definition) is 4. The van der Waals surface area contributed by atoms with E-state index in [0.29, 0.717) is 10.6 Å². The van der Waals surface area contributed by atoms with E-state index in [4.69, 9.17) is 11.6 Å². The minimum absolute atomic E-state index is 0.0404. The predicted molar refractivity (Wildman–Crippen MR) is 88.8 cm³/mol. The lowest BCUT2D eigenvalue weighted by Crippen LogP contribution is -2.27. The van der Waals surface area contributed by atoms with Crippen LogP contribution in [-0.2, 0) is 14.6 Å². The van der Waals surface area contributed by atoms with Gasteiger partial charge in [0.05, 0.1) is 16.8 Å². The van der Waals surface area contributed by atoms with E-state index in [1.54, 1.807) is 42.5 Å². The monoisotopic (exact) mass is 366 g/mol. The molecule has 3 rings (SSSR count). The maximum absolute atomic E-state index is 12.9. The SMILES string of the molecule is O=C(O)[C@]1(CO)[C@H](c2cccc(Cl)c2)[C@@H]1S(=O)(=O)c1ccccc1. The Balaban J connectivity index is 2.13. The molecule has 2 N–H and O–H groups in total. The average molecular weight is 367 g/mol. The van der Waals surface area contributed by atoms with Crippen molar-refractivity contribution in [2.75, 3.05) is 6.61 Å². The second kappa shape index (κ2) is 5.88. The first-order valence-electron chi connectivity index (χ1n) is 7.24. The van der Waals surface area contributed by atoms with Gasteiger partial charge in [-0.25, -0.2) is 8.42 Å². The third kappa shape index (κ3) is 2.42. The lowest BCUT2D eigenvalue weighted by molar-refractivity contribution is -0.145. The van der Waals surface area contributed by atoms with Gasteiger partial charge in [0.2, 0.25) is 0 Å². The van der Waals surface area contributed by atoms with E-state index in [9.17, 15) is 23.4 Å². The number of carboxylic acid groups (broad SMARTS) is 1. The number of benzene rings is 2. The van der Waals surface area contributed by atoms with Crippen LogP contribution >= 0.6 is 11.6 Å². The maximum atomic E-state index is 12.9. The van der Waals surface area contributed by atoms with Crippen molar-refractivity contribution in [2.45, 2.75) is 16.1 Å². The van der Waals surface area contributed by atoms with Gasteiger partial charge in [0.15, 0.2) is 9.84 Å². The van der Waals surface area contributed by atoms with Crippen LogP contribution in [0.3, 0.4) is 0 Å². The van der Waals surface area contributed by atoms with E-state index in [1.807, 2.05) is 0 Å². The fourth-order valence-corrected chi connectivity index (χ4v) is 5.88. The third-order valence-electron chi connectivity index (χ3n) is 4.53. The molecule has 0 bridgehead atoms. The first-order valence-corrected chi connectivity index (χ1v) is 9.17. The third-order valence-corrected chi connectivity index (χ3v) is 7.06. The van der Waals surface area contributed by atoms with E-state index >= 15 is 0 Å².